The molecule has 4 heterocycles. The van der Waals surface area contributed by atoms with Gasteiger partial charge in [-0.3, -0.25) is 9.69 Å². The van der Waals surface area contributed by atoms with Gasteiger partial charge in [0, 0.05) is 44.6 Å². The van der Waals surface area contributed by atoms with Gasteiger partial charge in [0.05, 0.1) is 41.4 Å². The molecule has 1 aliphatic carbocycles. The van der Waals surface area contributed by atoms with Crippen LogP contribution in [0.3, 0.4) is 0 Å². The largest absolute Gasteiger partial charge is 0.379 e. The van der Waals surface area contributed by atoms with Crippen molar-refractivity contribution in [3.63, 3.8) is 0 Å². The third-order valence-corrected chi connectivity index (χ3v) is 9.81. The highest BCUT2D eigenvalue weighted by atomic mass is 32.2. The first-order valence-electron chi connectivity index (χ1n) is 14.6. The number of hydrogen-bond donors (Lipinski definition) is 1. The maximum atomic E-state index is 13.8. The van der Waals surface area contributed by atoms with Crippen molar-refractivity contribution in [2.24, 2.45) is 0 Å². The number of hydrogen-bond acceptors (Lipinski definition) is 8. The van der Waals surface area contributed by atoms with E-state index in [-0.39, 0.29) is 29.6 Å². The van der Waals surface area contributed by atoms with Gasteiger partial charge in [0.2, 0.25) is 10.0 Å². The number of carbonyl (C=O) groups is 1. The number of aromatic nitrogens is 3. The van der Waals surface area contributed by atoms with Crippen molar-refractivity contribution < 1.29 is 22.3 Å². The van der Waals surface area contributed by atoms with Crippen LogP contribution >= 0.6 is 0 Å². The van der Waals surface area contributed by atoms with Crippen molar-refractivity contribution in [3.05, 3.63) is 47.5 Å². The number of rotatable bonds is 8. The Balaban J connectivity index is 1.42. The quantitative estimate of drug-likeness (QED) is 0.396. The Labute approximate surface area is 245 Å². The number of anilines is 1. The van der Waals surface area contributed by atoms with Gasteiger partial charge in [-0.2, -0.15) is 5.10 Å². The Kier molecular flexibility index (Phi) is 8.16. The molecule has 1 amide bonds. The van der Waals surface area contributed by atoms with Gasteiger partial charge in [-0.1, -0.05) is 6.42 Å². The molecule has 1 aromatic carbocycles. The summed E-state index contributed by atoms with van der Waals surface area (Å²) in [5.74, 6) is 0.989. The minimum Gasteiger partial charge on any atom is -0.379 e. The topological polar surface area (TPSA) is 110 Å². The number of benzene rings is 1. The highest BCUT2D eigenvalue weighted by molar-refractivity contribution is 7.90. The fraction of sp³-hybridized carbons (Fsp3) is 0.500. The van der Waals surface area contributed by atoms with Crippen molar-refractivity contribution >= 4 is 32.7 Å². The van der Waals surface area contributed by atoms with E-state index in [1.807, 2.05) is 0 Å². The van der Waals surface area contributed by atoms with Gasteiger partial charge >= 0.3 is 0 Å². The Bertz CT molecular complexity index is 1600. The van der Waals surface area contributed by atoms with E-state index in [1.54, 1.807) is 22.9 Å². The Morgan fingerprint density at radius 3 is 2.45 bits per heavy atom. The number of halogens is 1. The van der Waals surface area contributed by atoms with Gasteiger partial charge < -0.3 is 9.64 Å². The molecule has 1 saturated carbocycles. The standard InChI is InChI=1S/C30H35FN6O4S/c1-2-3-19-42(39,40)34-30(38)25-20-26(36-13-11-23(12-14-36)35-15-17-41-18-16-35)27-28(21-5-4-6-21)33-37(29(27)32-25)24-9-7-22(31)8-10-24/h1,7-10,20-21,23H,3-6,11-19H2,(H,34,38). The predicted molar refractivity (Wildman–Crippen MR) is 158 cm³/mol. The molecule has 2 aliphatic heterocycles. The number of carbonyl (C=O) groups excluding carboxylic acids is 1. The zero-order valence-corrected chi connectivity index (χ0v) is 24.3. The van der Waals surface area contributed by atoms with Gasteiger partial charge in [0.1, 0.15) is 11.5 Å². The van der Waals surface area contributed by atoms with Gasteiger partial charge in [-0.05, 0) is 56.0 Å². The number of terminal acetylenes is 1. The minimum absolute atomic E-state index is 0.0134. The van der Waals surface area contributed by atoms with Crippen LogP contribution in [0.25, 0.3) is 16.7 Å². The van der Waals surface area contributed by atoms with E-state index < -0.39 is 15.9 Å². The van der Waals surface area contributed by atoms with Gasteiger partial charge in [0.15, 0.2) is 5.65 Å². The molecule has 0 radical (unpaired) electrons. The van der Waals surface area contributed by atoms with E-state index in [4.69, 9.17) is 16.3 Å². The average molecular weight is 595 g/mol. The van der Waals surface area contributed by atoms with Crippen molar-refractivity contribution in [1.29, 1.82) is 0 Å². The van der Waals surface area contributed by atoms with E-state index in [0.717, 1.165) is 88.3 Å². The summed E-state index contributed by atoms with van der Waals surface area (Å²) in [4.78, 5) is 22.8. The molecule has 3 aliphatic rings. The number of nitrogens with one attached hydrogen (secondary N) is 1. The summed E-state index contributed by atoms with van der Waals surface area (Å²) >= 11 is 0. The van der Waals surface area contributed by atoms with Gasteiger partial charge in [0.25, 0.3) is 5.91 Å². The highest BCUT2D eigenvalue weighted by Crippen LogP contribution is 2.43. The fourth-order valence-electron chi connectivity index (χ4n) is 6.07. The molecule has 42 heavy (non-hydrogen) atoms. The molecular weight excluding hydrogens is 559 g/mol. The number of amides is 1. The van der Waals surface area contributed by atoms with Gasteiger partial charge in [-0.15, -0.1) is 12.3 Å². The van der Waals surface area contributed by atoms with E-state index in [9.17, 15) is 17.6 Å². The second-order valence-corrected chi connectivity index (χ2v) is 13.0. The molecule has 3 fully saturated rings. The van der Waals surface area contributed by atoms with Crippen LogP contribution in [0.4, 0.5) is 10.1 Å². The number of ether oxygens (including phenoxy) is 1. The summed E-state index contributed by atoms with van der Waals surface area (Å²) in [6.07, 6.45) is 10.3. The van der Waals surface area contributed by atoms with E-state index >= 15 is 0 Å². The number of sulfonamides is 1. The SMILES string of the molecule is C#CCCS(=O)(=O)NC(=O)c1cc(N2CCC(N3CCOCC3)CC2)c2c(C3CCC3)nn(-c3ccc(F)cc3)c2n1. The molecular formula is C30H35FN6O4S. The average Bonchev–Trinajstić information content (AvgIpc) is 3.34. The van der Waals surface area contributed by atoms with Crippen LogP contribution < -0.4 is 9.62 Å². The first-order valence-corrected chi connectivity index (χ1v) is 16.2. The zero-order chi connectivity index (χ0) is 29.3. The molecule has 2 aromatic heterocycles. The van der Waals surface area contributed by atoms with Crippen molar-refractivity contribution in [3.8, 4) is 18.0 Å². The molecule has 6 rings (SSSR count). The van der Waals surface area contributed by atoms with Crippen LogP contribution in [0.5, 0.6) is 0 Å². The molecule has 1 N–H and O–H groups in total. The lowest BCUT2D eigenvalue weighted by atomic mass is 9.82. The van der Waals surface area contributed by atoms with E-state index in [2.05, 4.69) is 25.4 Å². The lowest BCUT2D eigenvalue weighted by Gasteiger charge is -2.41. The number of morpholine rings is 1. The van der Waals surface area contributed by atoms with Gasteiger partial charge in [-0.25, -0.2) is 27.2 Å². The lowest BCUT2D eigenvalue weighted by molar-refractivity contribution is 0.0115. The summed E-state index contributed by atoms with van der Waals surface area (Å²) in [6, 6.07) is 8.12. The maximum Gasteiger partial charge on any atom is 0.283 e. The Morgan fingerprint density at radius 2 is 1.81 bits per heavy atom. The minimum atomic E-state index is -3.95. The summed E-state index contributed by atoms with van der Waals surface area (Å²) in [6.45, 7) is 4.91. The molecule has 10 nitrogen and oxygen atoms in total. The van der Waals surface area contributed by atoms with Crippen LogP contribution in [0, 0.1) is 18.2 Å². The van der Waals surface area contributed by atoms with Crippen LogP contribution in [-0.2, 0) is 14.8 Å². The lowest BCUT2D eigenvalue weighted by Crippen LogP contribution is -2.49. The molecule has 0 bridgehead atoms. The normalized spacial score (nSPS) is 19.0. The van der Waals surface area contributed by atoms with Crippen molar-refractivity contribution in [2.75, 3.05) is 50.0 Å². The molecule has 0 atom stereocenters. The molecule has 0 spiro atoms. The summed E-state index contributed by atoms with van der Waals surface area (Å²) in [5.41, 5.74) is 2.76. The number of pyridine rings is 1. The monoisotopic (exact) mass is 594 g/mol. The summed E-state index contributed by atoms with van der Waals surface area (Å²) < 4.78 is 48.2. The maximum absolute atomic E-state index is 13.8. The highest BCUT2D eigenvalue weighted by Gasteiger charge is 2.33. The van der Waals surface area contributed by atoms with E-state index in [1.165, 1.54) is 12.1 Å². The van der Waals surface area contributed by atoms with Crippen molar-refractivity contribution in [1.82, 2.24) is 24.4 Å². The Morgan fingerprint density at radius 1 is 1.10 bits per heavy atom. The Hall–Kier alpha value is -3.53. The fourth-order valence-corrected chi connectivity index (χ4v) is 6.95. The summed E-state index contributed by atoms with van der Waals surface area (Å²) in [5, 5.41) is 5.84. The molecule has 222 valence electrons. The van der Waals surface area contributed by atoms with Crippen LogP contribution in [-0.4, -0.2) is 85.2 Å². The van der Waals surface area contributed by atoms with Crippen LogP contribution in [0.2, 0.25) is 0 Å². The molecule has 0 unspecified atom stereocenters. The third kappa shape index (κ3) is 5.86. The second-order valence-electron chi connectivity index (χ2n) is 11.2. The van der Waals surface area contributed by atoms with Crippen LogP contribution in [0.1, 0.15) is 60.6 Å². The molecule has 12 heteroatoms. The van der Waals surface area contributed by atoms with E-state index in [0.29, 0.717) is 17.4 Å². The number of fused-ring (bicyclic) bond motifs is 1. The molecule has 3 aromatic rings. The first kappa shape index (κ1) is 28.6. The number of piperidine rings is 1. The third-order valence-electron chi connectivity index (χ3n) is 8.57. The van der Waals surface area contributed by atoms with Crippen molar-refractivity contribution in [2.45, 2.75) is 50.5 Å². The molecule has 2 saturated heterocycles. The van der Waals surface area contributed by atoms with Crippen LogP contribution in [0.15, 0.2) is 30.3 Å². The zero-order valence-electron chi connectivity index (χ0n) is 23.5. The second kappa shape index (κ2) is 12.0. The summed E-state index contributed by atoms with van der Waals surface area (Å²) in [7, 11) is -3.95. The predicted octanol–water partition coefficient (Wildman–Crippen LogP) is 3.21. The first-order chi connectivity index (χ1) is 20.3. The smallest absolute Gasteiger partial charge is 0.283 e. The number of nitrogens with zero attached hydrogens (tertiary/aromatic N) is 5.